The first-order valence-electron chi connectivity index (χ1n) is 6.57. The topological polar surface area (TPSA) is 22.1 Å². The van der Waals surface area contributed by atoms with Crippen LogP contribution in [-0.4, -0.2) is 4.98 Å². The lowest BCUT2D eigenvalue weighted by molar-refractivity contribution is 0.303. The molecule has 0 aliphatic heterocycles. The van der Waals surface area contributed by atoms with Crippen molar-refractivity contribution in [1.29, 1.82) is 0 Å². The van der Waals surface area contributed by atoms with Crippen molar-refractivity contribution in [2.45, 2.75) is 13.5 Å². The van der Waals surface area contributed by atoms with Gasteiger partial charge >= 0.3 is 0 Å². The largest absolute Gasteiger partial charge is 0.487 e. The second-order valence-electron chi connectivity index (χ2n) is 4.75. The number of para-hydroxylation sites is 1. The summed E-state index contributed by atoms with van der Waals surface area (Å²) in [5.41, 5.74) is 2.59. The molecule has 0 unspecified atom stereocenters. The van der Waals surface area contributed by atoms with E-state index in [0.717, 1.165) is 27.9 Å². The lowest BCUT2D eigenvalue weighted by Gasteiger charge is -2.12. The second kappa shape index (κ2) is 5.92. The highest BCUT2D eigenvalue weighted by atomic mass is 35.5. The van der Waals surface area contributed by atoms with E-state index in [-0.39, 0.29) is 0 Å². The summed E-state index contributed by atoms with van der Waals surface area (Å²) in [7, 11) is 0. The number of aromatic nitrogens is 1. The van der Waals surface area contributed by atoms with Gasteiger partial charge in [-0.3, -0.25) is 0 Å². The highest BCUT2D eigenvalue weighted by molar-refractivity contribution is 6.35. The smallest absolute Gasteiger partial charge is 0.141 e. The highest BCUT2D eigenvalue weighted by Crippen LogP contribution is 2.28. The van der Waals surface area contributed by atoms with Crippen molar-refractivity contribution in [2.24, 2.45) is 0 Å². The van der Waals surface area contributed by atoms with Gasteiger partial charge in [0.15, 0.2) is 0 Å². The van der Waals surface area contributed by atoms with Crippen LogP contribution in [0.5, 0.6) is 5.75 Å². The minimum Gasteiger partial charge on any atom is -0.487 e. The van der Waals surface area contributed by atoms with Gasteiger partial charge in [0, 0.05) is 21.0 Å². The Morgan fingerprint density at radius 1 is 1.00 bits per heavy atom. The summed E-state index contributed by atoms with van der Waals surface area (Å²) in [5.74, 6) is 0.740. The molecule has 0 amide bonds. The molecule has 0 saturated carbocycles. The summed E-state index contributed by atoms with van der Waals surface area (Å²) < 4.78 is 5.86. The highest BCUT2D eigenvalue weighted by Gasteiger charge is 2.09. The summed E-state index contributed by atoms with van der Waals surface area (Å²) >= 11 is 12.3. The Kier molecular flexibility index (Phi) is 4.00. The molecule has 0 aliphatic rings. The molecule has 0 atom stereocenters. The molecule has 3 aromatic rings. The van der Waals surface area contributed by atoms with Crippen LogP contribution in [0, 0.1) is 6.92 Å². The first-order valence-corrected chi connectivity index (χ1v) is 7.33. The number of benzene rings is 2. The number of pyridine rings is 1. The molecule has 4 heteroatoms. The number of rotatable bonds is 3. The molecule has 1 aromatic heterocycles. The fourth-order valence-electron chi connectivity index (χ4n) is 2.16. The molecular weight excluding hydrogens is 305 g/mol. The second-order valence-corrected chi connectivity index (χ2v) is 5.57. The molecule has 0 bridgehead atoms. The lowest BCUT2D eigenvalue weighted by atomic mass is 10.2. The average Bonchev–Trinajstić information content (AvgIpc) is 2.47. The van der Waals surface area contributed by atoms with Crippen molar-refractivity contribution in [3.63, 3.8) is 0 Å². The van der Waals surface area contributed by atoms with Gasteiger partial charge in [-0.1, -0.05) is 47.5 Å². The molecule has 2 nitrogen and oxygen atoms in total. The number of ether oxygens (including phenoxy) is 1. The van der Waals surface area contributed by atoms with Crippen LogP contribution in [0.1, 0.15) is 11.3 Å². The number of hydrogen-bond acceptors (Lipinski definition) is 2. The zero-order valence-corrected chi connectivity index (χ0v) is 12.9. The van der Waals surface area contributed by atoms with Gasteiger partial charge < -0.3 is 4.74 Å². The van der Waals surface area contributed by atoms with Gasteiger partial charge in [-0.2, -0.15) is 0 Å². The fraction of sp³-hybridized carbons (Fsp3) is 0.118. The lowest BCUT2D eigenvalue weighted by Crippen LogP contribution is -2.00. The minimum absolute atomic E-state index is 0.319. The summed E-state index contributed by atoms with van der Waals surface area (Å²) in [6.07, 6.45) is 0. The van der Waals surface area contributed by atoms with E-state index in [1.807, 2.05) is 43.3 Å². The Morgan fingerprint density at radius 2 is 1.71 bits per heavy atom. The molecule has 21 heavy (non-hydrogen) atoms. The van der Waals surface area contributed by atoms with Crippen LogP contribution in [0.4, 0.5) is 0 Å². The van der Waals surface area contributed by atoms with Gasteiger partial charge in [-0.15, -0.1) is 0 Å². The van der Waals surface area contributed by atoms with Crippen molar-refractivity contribution in [2.75, 3.05) is 0 Å². The van der Waals surface area contributed by atoms with Crippen LogP contribution in [0.3, 0.4) is 0 Å². The summed E-state index contributed by atoms with van der Waals surface area (Å²) in [5, 5.41) is 2.26. The molecule has 0 aliphatic carbocycles. The Bertz CT molecular complexity index is 782. The number of aryl methyl sites for hydroxylation is 1. The number of nitrogens with zero attached hydrogens (tertiary/aromatic N) is 1. The first-order chi connectivity index (χ1) is 10.1. The SMILES string of the molecule is Cc1nc2ccccc2cc1OCc1c(Cl)cccc1Cl. The Labute approximate surface area is 133 Å². The predicted octanol–water partition coefficient (Wildman–Crippen LogP) is 5.43. The van der Waals surface area contributed by atoms with E-state index in [0.29, 0.717) is 16.7 Å². The number of halogens is 2. The Morgan fingerprint density at radius 3 is 2.48 bits per heavy atom. The zero-order valence-electron chi connectivity index (χ0n) is 11.4. The first kappa shape index (κ1) is 14.2. The van der Waals surface area contributed by atoms with E-state index in [1.54, 1.807) is 12.1 Å². The number of fused-ring (bicyclic) bond motifs is 1. The third-order valence-electron chi connectivity index (χ3n) is 3.30. The van der Waals surface area contributed by atoms with Crippen molar-refractivity contribution >= 4 is 34.1 Å². The molecule has 106 valence electrons. The monoisotopic (exact) mass is 317 g/mol. The fourth-order valence-corrected chi connectivity index (χ4v) is 2.67. The molecule has 0 fully saturated rings. The van der Waals surface area contributed by atoms with E-state index in [1.165, 1.54) is 0 Å². The maximum Gasteiger partial charge on any atom is 0.141 e. The standard InChI is InChI=1S/C17H13Cl2NO/c1-11-17(9-12-5-2-3-8-16(12)20-11)21-10-13-14(18)6-4-7-15(13)19/h2-9H,10H2,1H3. The Balaban J connectivity index is 1.90. The summed E-state index contributed by atoms with van der Waals surface area (Å²) in [6, 6.07) is 15.4. The van der Waals surface area contributed by atoms with Gasteiger partial charge in [-0.05, 0) is 31.2 Å². The van der Waals surface area contributed by atoms with E-state index < -0.39 is 0 Å². The summed E-state index contributed by atoms with van der Waals surface area (Å²) in [4.78, 5) is 4.54. The van der Waals surface area contributed by atoms with Crippen LogP contribution < -0.4 is 4.74 Å². The van der Waals surface area contributed by atoms with Gasteiger partial charge in [-0.25, -0.2) is 4.98 Å². The van der Waals surface area contributed by atoms with Crippen molar-refractivity contribution < 1.29 is 4.74 Å². The Hall–Kier alpha value is -1.77. The molecule has 0 spiro atoms. The van der Waals surface area contributed by atoms with Crippen LogP contribution in [0.2, 0.25) is 10.0 Å². The number of hydrogen-bond donors (Lipinski definition) is 0. The maximum atomic E-state index is 6.15. The maximum absolute atomic E-state index is 6.15. The van der Waals surface area contributed by atoms with Gasteiger partial charge in [0.25, 0.3) is 0 Å². The summed E-state index contributed by atoms with van der Waals surface area (Å²) in [6.45, 7) is 2.25. The van der Waals surface area contributed by atoms with E-state index >= 15 is 0 Å². The van der Waals surface area contributed by atoms with Crippen molar-refractivity contribution in [3.8, 4) is 5.75 Å². The van der Waals surface area contributed by atoms with Crippen molar-refractivity contribution in [1.82, 2.24) is 4.98 Å². The molecule has 0 N–H and O–H groups in total. The van der Waals surface area contributed by atoms with E-state index in [9.17, 15) is 0 Å². The van der Waals surface area contributed by atoms with Gasteiger partial charge in [0.2, 0.25) is 0 Å². The van der Waals surface area contributed by atoms with E-state index in [2.05, 4.69) is 4.98 Å². The molecular formula is C17H13Cl2NO. The van der Waals surface area contributed by atoms with Crippen LogP contribution >= 0.6 is 23.2 Å². The van der Waals surface area contributed by atoms with Gasteiger partial charge in [0.1, 0.15) is 12.4 Å². The van der Waals surface area contributed by atoms with Gasteiger partial charge in [0.05, 0.1) is 11.2 Å². The zero-order chi connectivity index (χ0) is 14.8. The van der Waals surface area contributed by atoms with Crippen LogP contribution in [-0.2, 0) is 6.61 Å². The molecule has 0 saturated heterocycles. The predicted molar refractivity (Wildman–Crippen MR) is 87.3 cm³/mol. The van der Waals surface area contributed by atoms with Crippen molar-refractivity contribution in [3.05, 3.63) is 69.8 Å². The normalized spacial score (nSPS) is 10.8. The minimum atomic E-state index is 0.319. The third kappa shape index (κ3) is 2.97. The third-order valence-corrected chi connectivity index (χ3v) is 4.01. The molecule has 1 heterocycles. The average molecular weight is 318 g/mol. The molecule has 2 aromatic carbocycles. The molecule has 0 radical (unpaired) electrons. The van der Waals surface area contributed by atoms with Crippen LogP contribution in [0.25, 0.3) is 10.9 Å². The van der Waals surface area contributed by atoms with Crippen LogP contribution in [0.15, 0.2) is 48.5 Å². The molecule has 3 rings (SSSR count). The van der Waals surface area contributed by atoms with E-state index in [4.69, 9.17) is 27.9 Å². The quantitative estimate of drug-likeness (QED) is 0.642.